The molecule has 2 aromatic heterocycles. The van der Waals surface area contributed by atoms with Crippen LogP contribution in [-0.4, -0.2) is 27.9 Å². The molecule has 0 saturated carbocycles. The Morgan fingerprint density at radius 2 is 1.78 bits per heavy atom. The predicted octanol–water partition coefficient (Wildman–Crippen LogP) is 5.59. The Bertz CT molecular complexity index is 1310. The van der Waals surface area contributed by atoms with Crippen LogP contribution in [0.25, 0.3) is 22.2 Å². The smallest absolute Gasteiger partial charge is 0.255 e. The van der Waals surface area contributed by atoms with Crippen molar-refractivity contribution in [3.63, 3.8) is 0 Å². The zero-order valence-corrected chi connectivity index (χ0v) is 19.0. The zero-order valence-electron chi connectivity index (χ0n) is 19.0. The SMILES string of the molecule is CNc1ncc2cc(-c3cc(C(=O)Nc4cccc(C(C)(C)C)c4)ccc3C)cnc2n1. The zero-order chi connectivity index (χ0) is 22.9. The van der Waals surface area contributed by atoms with Crippen molar-refractivity contribution in [2.45, 2.75) is 33.1 Å². The highest BCUT2D eigenvalue weighted by atomic mass is 16.1. The maximum absolute atomic E-state index is 13.0. The number of benzene rings is 2. The highest BCUT2D eigenvalue weighted by Gasteiger charge is 2.15. The second-order valence-electron chi connectivity index (χ2n) is 8.90. The molecule has 4 rings (SSSR count). The van der Waals surface area contributed by atoms with E-state index >= 15 is 0 Å². The van der Waals surface area contributed by atoms with Gasteiger partial charge in [-0.05, 0) is 59.4 Å². The molecule has 1 amide bonds. The fraction of sp³-hybridized carbons (Fsp3) is 0.231. The quantitative estimate of drug-likeness (QED) is 0.445. The molecule has 6 nitrogen and oxygen atoms in total. The van der Waals surface area contributed by atoms with Crippen molar-refractivity contribution in [2.75, 3.05) is 17.7 Å². The molecule has 0 radical (unpaired) electrons. The average molecular weight is 426 g/mol. The van der Waals surface area contributed by atoms with Crippen LogP contribution < -0.4 is 10.6 Å². The number of fused-ring (bicyclic) bond motifs is 1. The molecule has 0 aliphatic carbocycles. The van der Waals surface area contributed by atoms with E-state index in [0.29, 0.717) is 17.2 Å². The van der Waals surface area contributed by atoms with Crippen molar-refractivity contribution in [3.05, 3.63) is 77.6 Å². The van der Waals surface area contributed by atoms with Gasteiger partial charge in [-0.1, -0.05) is 39.0 Å². The van der Waals surface area contributed by atoms with E-state index in [1.165, 1.54) is 5.56 Å². The van der Waals surface area contributed by atoms with Gasteiger partial charge in [0.25, 0.3) is 5.91 Å². The number of carbonyl (C=O) groups is 1. The molecule has 2 aromatic carbocycles. The minimum atomic E-state index is -0.145. The Balaban J connectivity index is 1.64. The van der Waals surface area contributed by atoms with E-state index in [1.54, 1.807) is 19.4 Å². The number of carbonyl (C=O) groups excluding carboxylic acids is 1. The van der Waals surface area contributed by atoms with Gasteiger partial charge in [-0.2, -0.15) is 4.98 Å². The highest BCUT2D eigenvalue weighted by molar-refractivity contribution is 6.05. The molecule has 0 spiro atoms. The second-order valence-corrected chi connectivity index (χ2v) is 8.90. The number of nitrogens with one attached hydrogen (secondary N) is 2. The third-order valence-electron chi connectivity index (χ3n) is 5.45. The molecular formula is C26H27N5O. The van der Waals surface area contributed by atoms with Gasteiger partial charge < -0.3 is 10.6 Å². The van der Waals surface area contributed by atoms with Crippen molar-refractivity contribution < 1.29 is 4.79 Å². The molecule has 0 unspecified atom stereocenters. The summed E-state index contributed by atoms with van der Waals surface area (Å²) in [6.45, 7) is 8.49. The van der Waals surface area contributed by atoms with E-state index in [1.807, 2.05) is 49.4 Å². The summed E-state index contributed by atoms with van der Waals surface area (Å²) in [6, 6.07) is 15.7. The van der Waals surface area contributed by atoms with Gasteiger partial charge in [0.15, 0.2) is 5.65 Å². The van der Waals surface area contributed by atoms with Gasteiger partial charge in [-0.25, -0.2) is 9.97 Å². The van der Waals surface area contributed by atoms with Crippen LogP contribution >= 0.6 is 0 Å². The molecule has 0 bridgehead atoms. The van der Waals surface area contributed by atoms with Crippen molar-refractivity contribution >= 4 is 28.6 Å². The molecular weight excluding hydrogens is 398 g/mol. The van der Waals surface area contributed by atoms with Crippen molar-refractivity contribution in [3.8, 4) is 11.1 Å². The summed E-state index contributed by atoms with van der Waals surface area (Å²) in [5.74, 6) is 0.385. The maximum atomic E-state index is 13.0. The Kier molecular flexibility index (Phi) is 5.61. The second kappa shape index (κ2) is 8.38. The number of rotatable bonds is 4. The topological polar surface area (TPSA) is 79.8 Å². The van der Waals surface area contributed by atoms with Crippen LogP contribution in [0.2, 0.25) is 0 Å². The van der Waals surface area contributed by atoms with Crippen LogP contribution in [0.15, 0.2) is 60.9 Å². The van der Waals surface area contributed by atoms with Crippen LogP contribution in [0.5, 0.6) is 0 Å². The molecule has 2 heterocycles. The molecule has 0 aliphatic rings. The molecule has 0 atom stereocenters. The van der Waals surface area contributed by atoms with Gasteiger partial charge in [0.2, 0.25) is 5.95 Å². The first-order valence-corrected chi connectivity index (χ1v) is 10.6. The number of amides is 1. The van der Waals surface area contributed by atoms with Gasteiger partial charge in [0, 0.05) is 41.6 Å². The highest BCUT2D eigenvalue weighted by Crippen LogP contribution is 2.28. The Morgan fingerprint density at radius 3 is 2.53 bits per heavy atom. The van der Waals surface area contributed by atoms with Crippen LogP contribution in [0.4, 0.5) is 11.6 Å². The molecule has 6 heteroatoms. The Hall–Kier alpha value is -3.80. The number of aromatic nitrogens is 3. The van der Waals surface area contributed by atoms with Gasteiger partial charge in [0.05, 0.1) is 0 Å². The molecule has 2 N–H and O–H groups in total. The van der Waals surface area contributed by atoms with Crippen molar-refractivity contribution in [1.82, 2.24) is 15.0 Å². The summed E-state index contributed by atoms with van der Waals surface area (Å²) >= 11 is 0. The largest absolute Gasteiger partial charge is 0.357 e. The van der Waals surface area contributed by atoms with E-state index in [9.17, 15) is 4.79 Å². The number of hydrogen-bond acceptors (Lipinski definition) is 5. The van der Waals surface area contributed by atoms with E-state index in [-0.39, 0.29) is 11.3 Å². The van der Waals surface area contributed by atoms with Gasteiger partial charge in [-0.3, -0.25) is 4.79 Å². The lowest BCUT2D eigenvalue weighted by atomic mass is 9.87. The normalized spacial score (nSPS) is 11.4. The molecule has 0 aliphatic heterocycles. The van der Waals surface area contributed by atoms with Crippen molar-refractivity contribution in [1.29, 1.82) is 0 Å². The number of pyridine rings is 1. The Morgan fingerprint density at radius 1 is 0.969 bits per heavy atom. The number of hydrogen-bond donors (Lipinski definition) is 2. The summed E-state index contributed by atoms with van der Waals surface area (Å²) in [5.41, 5.74) is 6.11. The number of aryl methyl sites for hydroxylation is 1. The first kappa shape index (κ1) is 21.4. The van der Waals surface area contributed by atoms with E-state index in [0.717, 1.165) is 27.8 Å². The van der Waals surface area contributed by atoms with E-state index < -0.39 is 0 Å². The third kappa shape index (κ3) is 4.44. The first-order valence-electron chi connectivity index (χ1n) is 10.6. The van der Waals surface area contributed by atoms with E-state index in [2.05, 4.69) is 52.4 Å². The van der Waals surface area contributed by atoms with Gasteiger partial charge >= 0.3 is 0 Å². The lowest BCUT2D eigenvalue weighted by Gasteiger charge is -2.20. The molecule has 4 aromatic rings. The summed E-state index contributed by atoms with van der Waals surface area (Å²) in [7, 11) is 1.77. The molecule has 32 heavy (non-hydrogen) atoms. The van der Waals surface area contributed by atoms with Gasteiger partial charge in [0.1, 0.15) is 0 Å². The number of anilines is 2. The van der Waals surface area contributed by atoms with E-state index in [4.69, 9.17) is 0 Å². The lowest BCUT2D eigenvalue weighted by molar-refractivity contribution is 0.102. The summed E-state index contributed by atoms with van der Waals surface area (Å²) < 4.78 is 0. The maximum Gasteiger partial charge on any atom is 0.255 e. The fourth-order valence-corrected chi connectivity index (χ4v) is 3.53. The molecule has 0 saturated heterocycles. The molecule has 0 fully saturated rings. The molecule has 162 valence electrons. The third-order valence-corrected chi connectivity index (χ3v) is 5.45. The minimum absolute atomic E-state index is 0.0124. The van der Waals surface area contributed by atoms with Crippen molar-refractivity contribution in [2.24, 2.45) is 0 Å². The summed E-state index contributed by atoms with van der Waals surface area (Å²) in [6.07, 6.45) is 3.53. The Labute approximate surface area is 188 Å². The van der Waals surface area contributed by atoms with Crippen LogP contribution in [0.3, 0.4) is 0 Å². The summed E-state index contributed by atoms with van der Waals surface area (Å²) in [5, 5.41) is 6.79. The number of nitrogens with zero attached hydrogens (tertiary/aromatic N) is 3. The lowest BCUT2D eigenvalue weighted by Crippen LogP contribution is -2.14. The minimum Gasteiger partial charge on any atom is -0.357 e. The van der Waals surface area contributed by atoms with Crippen LogP contribution in [0, 0.1) is 6.92 Å². The van der Waals surface area contributed by atoms with Crippen LogP contribution in [-0.2, 0) is 5.41 Å². The standard InChI is InChI=1S/C26H27N5O/c1-16-9-10-17(24(32)30-21-8-6-7-20(13-21)26(2,3)4)12-22(16)18-11-19-15-29-25(27-5)31-23(19)28-14-18/h6-15H,1-5H3,(H,30,32)(H,27,28,29,31). The first-order chi connectivity index (χ1) is 15.2. The van der Waals surface area contributed by atoms with Gasteiger partial charge in [-0.15, -0.1) is 0 Å². The predicted molar refractivity (Wildman–Crippen MR) is 130 cm³/mol. The summed E-state index contributed by atoms with van der Waals surface area (Å²) in [4.78, 5) is 26.1. The fourth-order valence-electron chi connectivity index (χ4n) is 3.53. The van der Waals surface area contributed by atoms with Crippen LogP contribution in [0.1, 0.15) is 42.3 Å². The average Bonchev–Trinajstić information content (AvgIpc) is 2.78. The monoisotopic (exact) mass is 425 g/mol.